The third-order valence-corrected chi connectivity index (χ3v) is 2.02. The van der Waals surface area contributed by atoms with Crippen molar-refractivity contribution in [3.05, 3.63) is 28.5 Å². The summed E-state index contributed by atoms with van der Waals surface area (Å²) >= 11 is 3.32. The summed E-state index contributed by atoms with van der Waals surface area (Å²) in [6.07, 6.45) is 0. The van der Waals surface area contributed by atoms with E-state index in [0.29, 0.717) is 0 Å². The molecule has 0 atom stereocenters. The van der Waals surface area contributed by atoms with Gasteiger partial charge in [-0.2, -0.15) is 0 Å². The second-order valence-electron chi connectivity index (χ2n) is 2.52. The highest BCUT2D eigenvalue weighted by molar-refractivity contribution is 9.10. The highest BCUT2D eigenvalue weighted by Gasteiger charge is 1.97. The van der Waals surface area contributed by atoms with Gasteiger partial charge in [0.15, 0.2) is 0 Å². The number of H-pyrrole nitrogens is 1. The Bertz CT molecular complexity index is 392. The molecule has 0 fully saturated rings. The van der Waals surface area contributed by atoms with E-state index in [9.17, 15) is 0 Å². The first-order valence-electron chi connectivity index (χ1n) is 3.37. The maximum atomic E-state index is 4.28. The normalized spacial score (nSPS) is 10.7. The molecule has 0 bridgehead atoms. The summed E-state index contributed by atoms with van der Waals surface area (Å²) in [5, 5.41) is 0. The Morgan fingerprint density at radius 3 is 3.09 bits per heavy atom. The summed E-state index contributed by atoms with van der Waals surface area (Å²) in [4.78, 5) is 7.48. The van der Waals surface area contributed by atoms with Crippen molar-refractivity contribution in [2.45, 2.75) is 6.92 Å². The number of aryl methyl sites for hydroxylation is 1. The molecule has 0 aliphatic carbocycles. The van der Waals surface area contributed by atoms with Crippen LogP contribution in [0.4, 0.5) is 0 Å². The number of nitrogens with zero attached hydrogens (tertiary/aromatic N) is 1. The molecule has 1 N–H and O–H groups in total. The second kappa shape index (κ2) is 2.34. The van der Waals surface area contributed by atoms with Crippen molar-refractivity contribution in [3.8, 4) is 0 Å². The molecule has 0 aliphatic rings. The molecule has 3 heteroatoms. The first-order chi connectivity index (χ1) is 5.25. The fourth-order valence-corrected chi connectivity index (χ4v) is 1.44. The zero-order valence-corrected chi connectivity index (χ0v) is 7.64. The van der Waals surface area contributed by atoms with Crippen LogP contribution < -0.4 is 0 Å². The van der Waals surface area contributed by atoms with Crippen molar-refractivity contribution in [1.82, 2.24) is 9.97 Å². The van der Waals surface area contributed by atoms with Crippen molar-refractivity contribution < 1.29 is 0 Å². The van der Waals surface area contributed by atoms with Gasteiger partial charge >= 0.3 is 0 Å². The van der Waals surface area contributed by atoms with E-state index in [1.54, 1.807) is 0 Å². The monoisotopic (exact) mass is 210 g/mol. The van der Waals surface area contributed by atoms with Crippen molar-refractivity contribution in [2.24, 2.45) is 0 Å². The van der Waals surface area contributed by atoms with Gasteiger partial charge in [0.25, 0.3) is 0 Å². The third kappa shape index (κ3) is 1.16. The fraction of sp³-hybridized carbons (Fsp3) is 0.125. The van der Waals surface area contributed by atoms with Crippen molar-refractivity contribution in [1.29, 1.82) is 0 Å². The van der Waals surface area contributed by atoms with Gasteiger partial charge in [0, 0.05) is 5.69 Å². The van der Waals surface area contributed by atoms with Crippen molar-refractivity contribution in [3.63, 3.8) is 0 Å². The third-order valence-electron chi connectivity index (χ3n) is 1.58. The van der Waals surface area contributed by atoms with E-state index in [1.165, 1.54) is 0 Å². The van der Waals surface area contributed by atoms with Crippen LogP contribution in [0.15, 0.2) is 22.8 Å². The first kappa shape index (κ1) is 6.85. The van der Waals surface area contributed by atoms with Crippen LogP contribution in [0.1, 0.15) is 5.69 Å². The predicted octanol–water partition coefficient (Wildman–Crippen LogP) is 2.63. The summed E-state index contributed by atoms with van der Waals surface area (Å²) in [6, 6.07) is 5.97. The van der Waals surface area contributed by atoms with Crippen LogP contribution in [0, 0.1) is 6.92 Å². The predicted molar refractivity (Wildman–Crippen MR) is 48.5 cm³/mol. The van der Waals surface area contributed by atoms with Crippen LogP contribution >= 0.6 is 15.9 Å². The molecule has 0 radical (unpaired) electrons. The average molecular weight is 211 g/mol. The molecule has 2 aromatic heterocycles. The number of hydrogen-bond donors (Lipinski definition) is 1. The Kier molecular flexibility index (Phi) is 1.46. The number of fused-ring (bicyclic) bond motifs is 1. The van der Waals surface area contributed by atoms with Crippen LogP contribution in [0.2, 0.25) is 0 Å². The molecule has 56 valence electrons. The van der Waals surface area contributed by atoms with Crippen LogP contribution in [0.3, 0.4) is 0 Å². The van der Waals surface area contributed by atoms with Gasteiger partial charge in [-0.05, 0) is 41.1 Å². The minimum atomic E-state index is 0.879. The Morgan fingerprint density at radius 2 is 2.27 bits per heavy atom. The lowest BCUT2D eigenvalue weighted by Gasteiger charge is -1.88. The summed E-state index contributed by atoms with van der Waals surface area (Å²) in [6.45, 7) is 2.02. The molecule has 0 spiro atoms. The van der Waals surface area contributed by atoms with E-state index in [4.69, 9.17) is 0 Å². The minimum Gasteiger partial charge on any atom is -0.357 e. The SMILES string of the molecule is Cc1cc2nc(Br)ccc2[nH]1. The lowest BCUT2D eigenvalue weighted by atomic mass is 10.4. The van der Waals surface area contributed by atoms with E-state index in [0.717, 1.165) is 21.3 Å². The van der Waals surface area contributed by atoms with Gasteiger partial charge in [0.05, 0.1) is 11.0 Å². The number of aromatic nitrogens is 2. The van der Waals surface area contributed by atoms with Gasteiger partial charge in [-0.3, -0.25) is 0 Å². The lowest BCUT2D eigenvalue weighted by molar-refractivity contribution is 1.30. The molecular weight excluding hydrogens is 204 g/mol. The van der Waals surface area contributed by atoms with Crippen LogP contribution in [-0.2, 0) is 0 Å². The molecule has 0 aliphatic heterocycles. The highest BCUT2D eigenvalue weighted by Crippen LogP contribution is 2.15. The molecule has 0 unspecified atom stereocenters. The maximum Gasteiger partial charge on any atom is 0.106 e. The summed E-state index contributed by atoms with van der Waals surface area (Å²) in [7, 11) is 0. The van der Waals surface area contributed by atoms with Crippen molar-refractivity contribution >= 4 is 27.0 Å². The lowest BCUT2D eigenvalue weighted by Crippen LogP contribution is -1.74. The van der Waals surface area contributed by atoms with Crippen LogP contribution in [-0.4, -0.2) is 9.97 Å². The van der Waals surface area contributed by atoms with E-state index >= 15 is 0 Å². The van der Waals surface area contributed by atoms with Crippen LogP contribution in [0.5, 0.6) is 0 Å². The zero-order chi connectivity index (χ0) is 7.84. The summed E-state index contributed by atoms with van der Waals surface area (Å²) in [5.74, 6) is 0. The topological polar surface area (TPSA) is 28.7 Å². The number of aromatic amines is 1. The van der Waals surface area contributed by atoms with Gasteiger partial charge in [-0.1, -0.05) is 0 Å². The minimum absolute atomic E-state index is 0.879. The second-order valence-corrected chi connectivity index (χ2v) is 3.33. The van der Waals surface area contributed by atoms with E-state index in [2.05, 4.69) is 25.9 Å². The molecule has 2 rings (SSSR count). The molecule has 2 nitrogen and oxygen atoms in total. The Hall–Kier alpha value is -0.830. The van der Waals surface area contributed by atoms with E-state index in [1.807, 2.05) is 25.1 Å². The zero-order valence-electron chi connectivity index (χ0n) is 6.06. The van der Waals surface area contributed by atoms with Crippen molar-refractivity contribution in [2.75, 3.05) is 0 Å². The average Bonchev–Trinajstić information content (AvgIpc) is 2.27. The summed E-state index contributed by atoms with van der Waals surface area (Å²) < 4.78 is 0.879. The standard InChI is InChI=1S/C8H7BrN2/c1-5-4-7-6(10-5)2-3-8(9)11-7/h2-4,10H,1H3. The quantitative estimate of drug-likeness (QED) is 0.666. The molecule has 0 amide bonds. The largest absolute Gasteiger partial charge is 0.357 e. The number of rotatable bonds is 0. The number of halogens is 1. The first-order valence-corrected chi connectivity index (χ1v) is 4.17. The molecule has 11 heavy (non-hydrogen) atoms. The fourth-order valence-electron chi connectivity index (χ4n) is 1.12. The molecule has 0 saturated carbocycles. The Morgan fingerprint density at radius 1 is 1.45 bits per heavy atom. The number of pyridine rings is 1. The van der Waals surface area contributed by atoms with Gasteiger partial charge in [0.2, 0.25) is 0 Å². The van der Waals surface area contributed by atoms with Gasteiger partial charge in [-0.25, -0.2) is 4.98 Å². The summed E-state index contributed by atoms with van der Waals surface area (Å²) in [5.41, 5.74) is 3.24. The van der Waals surface area contributed by atoms with E-state index in [-0.39, 0.29) is 0 Å². The van der Waals surface area contributed by atoms with Crippen LogP contribution in [0.25, 0.3) is 11.0 Å². The molecule has 0 saturated heterocycles. The molecular formula is C8H7BrN2. The molecule has 2 aromatic rings. The molecule has 0 aromatic carbocycles. The maximum absolute atomic E-state index is 4.28. The van der Waals surface area contributed by atoms with E-state index < -0.39 is 0 Å². The number of hydrogen-bond acceptors (Lipinski definition) is 1. The molecule has 2 heterocycles. The van der Waals surface area contributed by atoms with Gasteiger partial charge in [0.1, 0.15) is 4.60 Å². The number of nitrogens with one attached hydrogen (secondary N) is 1. The van der Waals surface area contributed by atoms with Gasteiger partial charge in [-0.15, -0.1) is 0 Å². The Labute approximate surface area is 72.8 Å². The van der Waals surface area contributed by atoms with Gasteiger partial charge < -0.3 is 4.98 Å². The Balaban J connectivity index is 2.82. The smallest absolute Gasteiger partial charge is 0.106 e. The highest BCUT2D eigenvalue weighted by atomic mass is 79.9.